The molecule has 0 heterocycles. The Hall–Kier alpha value is -2.77. The SMILES string of the molecule is CC[C@H](C)[C@H](NC(N)=O)C(=O)NNC(=O)COc1ccc(C(C)(C)C)cc1. The molecule has 0 aliphatic heterocycles. The average Bonchev–Trinajstić information content (AvgIpc) is 2.61. The minimum Gasteiger partial charge on any atom is -0.484 e. The Bertz CT molecular complexity index is 653. The summed E-state index contributed by atoms with van der Waals surface area (Å²) in [5.74, 6) is -0.666. The summed E-state index contributed by atoms with van der Waals surface area (Å²) in [6.45, 7) is 9.75. The van der Waals surface area contributed by atoms with Gasteiger partial charge in [0.1, 0.15) is 11.8 Å². The number of nitrogens with two attached hydrogens (primary N) is 1. The molecule has 27 heavy (non-hydrogen) atoms. The van der Waals surface area contributed by atoms with Crippen LogP contribution < -0.4 is 26.6 Å². The van der Waals surface area contributed by atoms with Crippen LogP contribution in [0, 0.1) is 5.92 Å². The van der Waals surface area contributed by atoms with Gasteiger partial charge in [-0.3, -0.25) is 20.4 Å². The van der Waals surface area contributed by atoms with E-state index in [9.17, 15) is 14.4 Å². The molecule has 5 N–H and O–H groups in total. The van der Waals surface area contributed by atoms with Crippen LogP contribution in [0.4, 0.5) is 4.79 Å². The minimum atomic E-state index is -0.835. The fraction of sp³-hybridized carbons (Fsp3) is 0.526. The number of hydrogen-bond acceptors (Lipinski definition) is 4. The lowest BCUT2D eigenvalue weighted by Gasteiger charge is -2.22. The number of nitrogens with one attached hydrogen (secondary N) is 3. The Balaban J connectivity index is 2.50. The Morgan fingerprint density at radius 2 is 1.70 bits per heavy atom. The summed E-state index contributed by atoms with van der Waals surface area (Å²) in [6, 6.07) is 5.84. The van der Waals surface area contributed by atoms with Gasteiger partial charge in [0.25, 0.3) is 11.8 Å². The smallest absolute Gasteiger partial charge is 0.312 e. The molecule has 0 unspecified atom stereocenters. The molecular formula is C19H30N4O4. The fourth-order valence-electron chi connectivity index (χ4n) is 2.30. The molecule has 0 radical (unpaired) electrons. The number of primary amides is 1. The lowest BCUT2D eigenvalue weighted by atomic mass is 9.87. The average molecular weight is 378 g/mol. The van der Waals surface area contributed by atoms with Gasteiger partial charge in [-0.15, -0.1) is 0 Å². The summed E-state index contributed by atoms with van der Waals surface area (Å²) < 4.78 is 5.41. The molecule has 4 amide bonds. The maximum atomic E-state index is 12.2. The lowest BCUT2D eigenvalue weighted by Crippen LogP contribution is -2.56. The van der Waals surface area contributed by atoms with Gasteiger partial charge >= 0.3 is 6.03 Å². The Kier molecular flexibility index (Phi) is 8.08. The molecule has 1 aromatic rings. The zero-order valence-corrected chi connectivity index (χ0v) is 16.6. The molecule has 0 saturated heterocycles. The van der Waals surface area contributed by atoms with Crippen molar-refractivity contribution in [3.05, 3.63) is 29.8 Å². The molecule has 1 rings (SSSR count). The highest BCUT2D eigenvalue weighted by Gasteiger charge is 2.25. The summed E-state index contributed by atoms with van der Waals surface area (Å²) >= 11 is 0. The van der Waals surface area contributed by atoms with Crippen LogP contribution >= 0.6 is 0 Å². The second-order valence-corrected chi connectivity index (χ2v) is 7.47. The highest BCUT2D eigenvalue weighted by Crippen LogP contribution is 2.24. The molecule has 0 aliphatic rings. The number of hydrogen-bond donors (Lipinski definition) is 4. The van der Waals surface area contributed by atoms with Crippen LogP contribution in [0.15, 0.2) is 24.3 Å². The predicted octanol–water partition coefficient (Wildman–Crippen LogP) is 1.59. The van der Waals surface area contributed by atoms with Gasteiger partial charge in [-0.25, -0.2) is 4.79 Å². The van der Waals surface area contributed by atoms with Crippen molar-refractivity contribution in [2.45, 2.75) is 52.5 Å². The molecular weight excluding hydrogens is 348 g/mol. The number of benzene rings is 1. The van der Waals surface area contributed by atoms with E-state index in [0.29, 0.717) is 12.2 Å². The maximum Gasteiger partial charge on any atom is 0.312 e. The number of hydrazine groups is 1. The Labute approximate surface area is 160 Å². The Morgan fingerprint density at radius 1 is 1.11 bits per heavy atom. The second kappa shape index (κ2) is 9.80. The normalized spacial score (nSPS) is 13.2. The third-order valence-electron chi connectivity index (χ3n) is 4.21. The number of ether oxygens (including phenoxy) is 1. The molecule has 8 nitrogen and oxygen atoms in total. The van der Waals surface area contributed by atoms with E-state index in [4.69, 9.17) is 10.5 Å². The highest BCUT2D eigenvalue weighted by molar-refractivity contribution is 5.88. The number of amides is 4. The minimum absolute atomic E-state index is 0.0330. The molecule has 8 heteroatoms. The monoisotopic (exact) mass is 378 g/mol. The van der Waals surface area contributed by atoms with Crippen molar-refractivity contribution in [2.24, 2.45) is 11.7 Å². The highest BCUT2D eigenvalue weighted by atomic mass is 16.5. The molecule has 0 saturated carbocycles. The third kappa shape index (κ3) is 7.55. The summed E-state index contributed by atoms with van der Waals surface area (Å²) in [7, 11) is 0. The van der Waals surface area contributed by atoms with E-state index in [-0.39, 0.29) is 17.9 Å². The van der Waals surface area contributed by atoms with Crippen LogP contribution in [0.1, 0.15) is 46.6 Å². The zero-order chi connectivity index (χ0) is 20.6. The predicted molar refractivity (Wildman–Crippen MR) is 103 cm³/mol. The summed E-state index contributed by atoms with van der Waals surface area (Å²) in [5.41, 5.74) is 10.8. The fourth-order valence-corrected chi connectivity index (χ4v) is 2.30. The maximum absolute atomic E-state index is 12.2. The van der Waals surface area contributed by atoms with E-state index in [0.717, 1.165) is 5.56 Å². The molecule has 0 aliphatic carbocycles. The van der Waals surface area contributed by atoms with E-state index >= 15 is 0 Å². The summed E-state index contributed by atoms with van der Waals surface area (Å²) in [5, 5.41) is 2.37. The molecule has 0 aromatic heterocycles. The van der Waals surface area contributed by atoms with Gasteiger partial charge in [0.2, 0.25) is 0 Å². The number of carbonyl (C=O) groups is 3. The van der Waals surface area contributed by atoms with E-state index in [1.807, 2.05) is 19.1 Å². The summed E-state index contributed by atoms with van der Waals surface area (Å²) in [4.78, 5) is 35.1. The van der Waals surface area contributed by atoms with Crippen LogP contribution in [0.25, 0.3) is 0 Å². The van der Waals surface area contributed by atoms with Crippen molar-refractivity contribution < 1.29 is 19.1 Å². The first-order valence-electron chi connectivity index (χ1n) is 8.92. The van der Waals surface area contributed by atoms with Crippen LogP contribution in [0.5, 0.6) is 5.75 Å². The quantitative estimate of drug-likeness (QED) is 0.538. The summed E-state index contributed by atoms with van der Waals surface area (Å²) in [6.07, 6.45) is 0.653. The third-order valence-corrected chi connectivity index (χ3v) is 4.21. The van der Waals surface area contributed by atoms with Crippen LogP contribution in [-0.2, 0) is 15.0 Å². The Morgan fingerprint density at radius 3 is 2.19 bits per heavy atom. The molecule has 150 valence electrons. The van der Waals surface area contributed by atoms with Crippen molar-refractivity contribution in [1.82, 2.24) is 16.2 Å². The lowest BCUT2D eigenvalue weighted by molar-refractivity contribution is -0.131. The first-order valence-corrected chi connectivity index (χ1v) is 8.92. The van der Waals surface area contributed by atoms with Gasteiger partial charge in [-0.1, -0.05) is 53.2 Å². The number of carbonyl (C=O) groups excluding carboxylic acids is 3. The second-order valence-electron chi connectivity index (χ2n) is 7.47. The molecule has 0 fully saturated rings. The topological polar surface area (TPSA) is 123 Å². The van der Waals surface area contributed by atoms with Gasteiger partial charge in [-0.05, 0) is 29.0 Å². The number of urea groups is 1. The number of rotatable bonds is 7. The van der Waals surface area contributed by atoms with Gasteiger partial charge in [0.15, 0.2) is 6.61 Å². The van der Waals surface area contributed by atoms with E-state index in [2.05, 4.69) is 36.9 Å². The van der Waals surface area contributed by atoms with Crippen LogP contribution in [0.2, 0.25) is 0 Å². The van der Waals surface area contributed by atoms with Gasteiger partial charge < -0.3 is 15.8 Å². The van der Waals surface area contributed by atoms with Crippen molar-refractivity contribution in [3.8, 4) is 5.75 Å². The zero-order valence-electron chi connectivity index (χ0n) is 16.6. The van der Waals surface area contributed by atoms with Crippen LogP contribution in [0.3, 0.4) is 0 Å². The molecule has 1 aromatic carbocycles. The first-order chi connectivity index (χ1) is 12.5. The van der Waals surface area contributed by atoms with Gasteiger partial charge in [-0.2, -0.15) is 0 Å². The van der Waals surface area contributed by atoms with E-state index in [1.165, 1.54) is 0 Å². The van der Waals surface area contributed by atoms with Gasteiger partial charge in [0, 0.05) is 0 Å². The largest absolute Gasteiger partial charge is 0.484 e. The van der Waals surface area contributed by atoms with Crippen molar-refractivity contribution in [1.29, 1.82) is 0 Å². The standard InChI is InChI=1S/C19H30N4O4/c1-6-12(2)16(21-18(20)26)17(25)23-22-15(24)11-27-14-9-7-13(8-10-14)19(3,4)5/h7-10,12,16H,6,11H2,1-5H3,(H,22,24)(H,23,25)(H3,20,21,26)/t12-,16-/m0/s1. The van der Waals surface area contributed by atoms with Crippen molar-refractivity contribution >= 4 is 17.8 Å². The van der Waals surface area contributed by atoms with E-state index < -0.39 is 23.9 Å². The van der Waals surface area contributed by atoms with Crippen LogP contribution in [-0.4, -0.2) is 30.5 Å². The van der Waals surface area contributed by atoms with E-state index in [1.54, 1.807) is 19.1 Å². The molecule has 2 atom stereocenters. The first kappa shape index (κ1) is 22.3. The van der Waals surface area contributed by atoms with Crippen molar-refractivity contribution in [2.75, 3.05) is 6.61 Å². The van der Waals surface area contributed by atoms with Gasteiger partial charge in [0.05, 0.1) is 0 Å². The molecule has 0 bridgehead atoms. The molecule has 0 spiro atoms. The van der Waals surface area contributed by atoms with Crippen molar-refractivity contribution in [3.63, 3.8) is 0 Å².